The van der Waals surface area contributed by atoms with Crippen molar-refractivity contribution in [2.45, 2.75) is 38.6 Å². The molecule has 0 aliphatic carbocycles. The van der Waals surface area contributed by atoms with Crippen LogP contribution in [0.1, 0.15) is 22.0 Å². The Balaban J connectivity index is 1.36. The summed E-state index contributed by atoms with van der Waals surface area (Å²) in [6, 6.07) is 8.76. The number of ether oxygens (including phenoxy) is 1. The topological polar surface area (TPSA) is 30.3 Å². The van der Waals surface area contributed by atoms with Gasteiger partial charge in [-0.1, -0.05) is 6.07 Å². The molecule has 1 spiro atoms. The highest BCUT2D eigenvalue weighted by molar-refractivity contribution is 7.13. The third-order valence-corrected chi connectivity index (χ3v) is 7.11. The van der Waals surface area contributed by atoms with Gasteiger partial charge in [-0.25, -0.2) is 4.98 Å². The molecule has 3 aromatic heterocycles. The summed E-state index contributed by atoms with van der Waals surface area (Å²) >= 11 is 3.68. The van der Waals surface area contributed by atoms with E-state index in [4.69, 9.17) is 4.74 Å². The van der Waals surface area contributed by atoms with Gasteiger partial charge in [0.15, 0.2) is 0 Å². The normalized spacial score (nSPS) is 23.4. The van der Waals surface area contributed by atoms with Crippen LogP contribution in [-0.2, 0) is 24.4 Å². The van der Waals surface area contributed by atoms with E-state index in [1.807, 2.05) is 17.5 Å². The van der Waals surface area contributed by atoms with Crippen LogP contribution in [0.3, 0.4) is 0 Å². The van der Waals surface area contributed by atoms with Crippen molar-refractivity contribution in [1.82, 2.24) is 14.5 Å². The zero-order valence-electron chi connectivity index (χ0n) is 14.3. The van der Waals surface area contributed by atoms with Crippen LogP contribution in [0, 0.1) is 6.92 Å². The summed E-state index contributed by atoms with van der Waals surface area (Å²) in [5, 5.41) is 2.13. The Kier molecular flexibility index (Phi) is 3.82. The van der Waals surface area contributed by atoms with Gasteiger partial charge < -0.3 is 9.30 Å². The zero-order chi connectivity index (χ0) is 16.9. The van der Waals surface area contributed by atoms with Crippen LogP contribution in [0.15, 0.2) is 35.8 Å². The minimum Gasteiger partial charge on any atom is -0.364 e. The molecule has 0 radical (unpaired) electrons. The molecule has 25 heavy (non-hydrogen) atoms. The Bertz CT molecular complexity index is 883. The first-order valence-electron chi connectivity index (χ1n) is 8.71. The van der Waals surface area contributed by atoms with Crippen molar-refractivity contribution in [2.75, 3.05) is 13.1 Å². The average molecular weight is 372 g/mol. The van der Waals surface area contributed by atoms with E-state index in [0.29, 0.717) is 6.61 Å². The van der Waals surface area contributed by atoms with Gasteiger partial charge >= 0.3 is 0 Å². The predicted molar refractivity (Wildman–Crippen MR) is 102 cm³/mol. The standard InChI is InChI=1S/C19H21N3OS2/c1-14-4-5-15(25-14)10-21-7-6-19(12-21)13-22-16(17-3-2-8-24-17)9-20-18(22)11-23-19/h2-5,8-9H,6-7,10-13H2,1H3/t19-/m1/s1. The van der Waals surface area contributed by atoms with Crippen molar-refractivity contribution in [3.63, 3.8) is 0 Å². The van der Waals surface area contributed by atoms with Crippen LogP contribution in [0.25, 0.3) is 10.6 Å². The summed E-state index contributed by atoms with van der Waals surface area (Å²) in [6.07, 6.45) is 3.10. The van der Waals surface area contributed by atoms with Crippen LogP contribution in [0.5, 0.6) is 0 Å². The Hall–Kier alpha value is -1.47. The number of aromatic nitrogens is 2. The number of likely N-dealkylation sites (tertiary alicyclic amines) is 1. The zero-order valence-corrected chi connectivity index (χ0v) is 15.9. The van der Waals surface area contributed by atoms with Gasteiger partial charge in [-0.05, 0) is 36.9 Å². The predicted octanol–water partition coefficient (Wildman–Crippen LogP) is 4.16. The molecule has 6 heteroatoms. The SMILES string of the molecule is Cc1ccc(CN2CC[C@@]3(C2)Cn2c(-c4cccs4)cnc2CO3)s1. The highest BCUT2D eigenvalue weighted by Crippen LogP contribution is 2.36. The maximum absolute atomic E-state index is 6.34. The Morgan fingerprint density at radius 3 is 3.04 bits per heavy atom. The lowest BCUT2D eigenvalue weighted by Gasteiger charge is -2.35. The van der Waals surface area contributed by atoms with Crippen molar-refractivity contribution in [1.29, 1.82) is 0 Å². The first-order valence-corrected chi connectivity index (χ1v) is 10.4. The molecule has 0 bridgehead atoms. The van der Waals surface area contributed by atoms with Crippen molar-refractivity contribution < 1.29 is 4.74 Å². The summed E-state index contributed by atoms with van der Waals surface area (Å²) in [5.74, 6) is 1.06. The molecule has 0 aromatic carbocycles. The van der Waals surface area contributed by atoms with Crippen LogP contribution in [0.4, 0.5) is 0 Å². The number of aryl methyl sites for hydroxylation is 1. The molecule has 0 N–H and O–H groups in total. The molecule has 4 nitrogen and oxygen atoms in total. The van der Waals surface area contributed by atoms with Crippen molar-refractivity contribution in [2.24, 2.45) is 0 Å². The van der Waals surface area contributed by atoms with E-state index in [9.17, 15) is 0 Å². The molecule has 1 fully saturated rings. The van der Waals surface area contributed by atoms with E-state index >= 15 is 0 Å². The van der Waals surface area contributed by atoms with E-state index in [1.54, 1.807) is 11.3 Å². The lowest BCUT2D eigenvalue weighted by Crippen LogP contribution is -2.44. The van der Waals surface area contributed by atoms with Crippen LogP contribution >= 0.6 is 22.7 Å². The average Bonchev–Trinajstić information content (AvgIpc) is 3.36. The van der Waals surface area contributed by atoms with Gasteiger partial charge in [0.05, 0.1) is 23.3 Å². The molecular weight excluding hydrogens is 350 g/mol. The van der Waals surface area contributed by atoms with E-state index in [0.717, 1.165) is 38.4 Å². The molecule has 0 amide bonds. The highest BCUT2D eigenvalue weighted by Gasteiger charge is 2.43. The number of nitrogens with zero attached hydrogens (tertiary/aromatic N) is 3. The molecule has 2 aliphatic heterocycles. The third-order valence-electron chi connectivity index (χ3n) is 5.24. The van der Waals surface area contributed by atoms with Crippen molar-refractivity contribution in [3.8, 4) is 10.6 Å². The first kappa shape index (κ1) is 15.8. The lowest BCUT2D eigenvalue weighted by atomic mass is 10.0. The molecule has 5 rings (SSSR count). The fourth-order valence-electron chi connectivity index (χ4n) is 3.98. The number of fused-ring (bicyclic) bond motifs is 1. The van der Waals surface area contributed by atoms with E-state index in [2.05, 4.69) is 51.0 Å². The summed E-state index contributed by atoms with van der Waals surface area (Å²) in [5.41, 5.74) is 1.17. The number of thiophene rings is 2. The Morgan fingerprint density at radius 2 is 2.24 bits per heavy atom. The van der Waals surface area contributed by atoms with Crippen LogP contribution in [0.2, 0.25) is 0 Å². The number of hydrogen-bond donors (Lipinski definition) is 0. The van der Waals surface area contributed by atoms with Crippen molar-refractivity contribution in [3.05, 3.63) is 51.4 Å². The van der Waals surface area contributed by atoms with E-state index < -0.39 is 0 Å². The smallest absolute Gasteiger partial charge is 0.135 e. The largest absolute Gasteiger partial charge is 0.364 e. The first-order chi connectivity index (χ1) is 12.2. The van der Waals surface area contributed by atoms with Gasteiger partial charge in [-0.15, -0.1) is 22.7 Å². The Labute approximate surface area is 155 Å². The van der Waals surface area contributed by atoms with Gasteiger partial charge in [0.1, 0.15) is 18.0 Å². The molecule has 5 heterocycles. The second-order valence-corrected chi connectivity index (χ2v) is 9.39. The molecule has 2 aliphatic rings. The second-order valence-electron chi connectivity index (χ2n) is 7.07. The van der Waals surface area contributed by atoms with Crippen molar-refractivity contribution >= 4 is 22.7 Å². The number of hydrogen-bond acceptors (Lipinski definition) is 5. The van der Waals surface area contributed by atoms with Gasteiger partial charge in [0.2, 0.25) is 0 Å². The minimum absolute atomic E-state index is 0.0635. The molecule has 1 atom stereocenters. The number of imidazole rings is 1. The van der Waals surface area contributed by atoms with Gasteiger partial charge in [0.25, 0.3) is 0 Å². The fourth-order valence-corrected chi connectivity index (χ4v) is 5.66. The maximum atomic E-state index is 6.34. The van der Waals surface area contributed by atoms with Gasteiger partial charge in [-0.2, -0.15) is 0 Å². The summed E-state index contributed by atoms with van der Waals surface area (Å²) < 4.78 is 8.72. The fraction of sp³-hybridized carbons (Fsp3) is 0.421. The molecular formula is C19H21N3OS2. The van der Waals surface area contributed by atoms with Gasteiger partial charge in [0, 0.05) is 29.4 Å². The molecule has 0 unspecified atom stereocenters. The third kappa shape index (κ3) is 2.87. The Morgan fingerprint density at radius 1 is 1.28 bits per heavy atom. The van der Waals surface area contributed by atoms with E-state index in [-0.39, 0.29) is 5.60 Å². The van der Waals surface area contributed by atoms with Crippen LogP contribution < -0.4 is 0 Å². The molecule has 0 saturated carbocycles. The molecule has 3 aromatic rings. The molecule has 130 valence electrons. The summed E-state index contributed by atoms with van der Waals surface area (Å²) in [7, 11) is 0. The monoisotopic (exact) mass is 371 g/mol. The lowest BCUT2D eigenvalue weighted by molar-refractivity contribution is -0.0821. The summed E-state index contributed by atoms with van der Waals surface area (Å²) in [6.45, 7) is 6.86. The highest BCUT2D eigenvalue weighted by atomic mass is 32.1. The summed E-state index contributed by atoms with van der Waals surface area (Å²) in [4.78, 5) is 11.3. The quantitative estimate of drug-likeness (QED) is 0.693. The van der Waals surface area contributed by atoms with Gasteiger partial charge in [-0.3, -0.25) is 4.90 Å². The van der Waals surface area contributed by atoms with E-state index in [1.165, 1.54) is 20.3 Å². The maximum Gasteiger partial charge on any atom is 0.135 e. The second kappa shape index (κ2) is 6.06. The number of rotatable bonds is 3. The molecule has 1 saturated heterocycles. The minimum atomic E-state index is -0.0635. The van der Waals surface area contributed by atoms with Crippen LogP contribution in [-0.4, -0.2) is 33.1 Å².